The Balaban J connectivity index is 2.42. The highest BCUT2D eigenvalue weighted by molar-refractivity contribution is 5.77. The second-order valence-electron chi connectivity index (χ2n) is 3.73. The number of hydrogen-bond acceptors (Lipinski definition) is 1. The number of para-hydroxylation sites is 3. The van der Waals surface area contributed by atoms with E-state index in [1.54, 1.807) is 30.3 Å². The number of imidazole rings is 1. The van der Waals surface area contributed by atoms with E-state index in [1.807, 2.05) is 12.1 Å². The molecule has 0 radical (unpaired) electrons. The zero-order valence-corrected chi connectivity index (χ0v) is 8.85. The highest BCUT2D eigenvalue weighted by Crippen LogP contribution is 2.17. The predicted molar refractivity (Wildman–Crippen MR) is 63.9 cm³/mol. The van der Waals surface area contributed by atoms with Crippen molar-refractivity contribution in [3.63, 3.8) is 0 Å². The third-order valence-electron chi connectivity index (χ3n) is 2.68. The van der Waals surface area contributed by atoms with E-state index >= 15 is 0 Å². The molecule has 1 aromatic heterocycles. The summed E-state index contributed by atoms with van der Waals surface area (Å²) in [4.78, 5) is 14.5. The quantitative estimate of drug-likeness (QED) is 0.682. The van der Waals surface area contributed by atoms with Crippen LogP contribution < -0.4 is 5.69 Å². The van der Waals surface area contributed by atoms with Crippen LogP contribution in [0.1, 0.15) is 0 Å². The maximum Gasteiger partial charge on any atom is 0.331 e. The van der Waals surface area contributed by atoms with Crippen LogP contribution in [0.2, 0.25) is 0 Å². The van der Waals surface area contributed by atoms with Gasteiger partial charge in [0.05, 0.1) is 16.7 Å². The number of rotatable bonds is 1. The van der Waals surface area contributed by atoms with Crippen LogP contribution in [0.15, 0.2) is 53.3 Å². The van der Waals surface area contributed by atoms with Gasteiger partial charge in [-0.15, -0.1) is 0 Å². The van der Waals surface area contributed by atoms with Crippen molar-refractivity contribution < 1.29 is 4.39 Å². The molecule has 1 heterocycles. The Hall–Kier alpha value is -2.36. The summed E-state index contributed by atoms with van der Waals surface area (Å²) < 4.78 is 15.0. The summed E-state index contributed by atoms with van der Waals surface area (Å²) >= 11 is 0. The molecule has 0 spiro atoms. The van der Waals surface area contributed by atoms with E-state index in [4.69, 9.17) is 0 Å². The lowest BCUT2D eigenvalue weighted by atomic mass is 10.2. The molecule has 3 aromatic rings. The smallest absolute Gasteiger partial charge is 0.305 e. The summed E-state index contributed by atoms with van der Waals surface area (Å²) in [5, 5.41) is 0. The molecule has 0 saturated heterocycles. The van der Waals surface area contributed by atoms with E-state index in [0.29, 0.717) is 11.0 Å². The van der Waals surface area contributed by atoms with Gasteiger partial charge in [0.25, 0.3) is 0 Å². The molecule has 1 N–H and O–H groups in total. The minimum absolute atomic E-state index is 0.259. The maximum absolute atomic E-state index is 13.7. The number of nitrogens with zero attached hydrogens (tertiary/aromatic N) is 1. The largest absolute Gasteiger partial charge is 0.331 e. The Morgan fingerprint density at radius 2 is 1.71 bits per heavy atom. The van der Waals surface area contributed by atoms with Gasteiger partial charge in [-0.25, -0.2) is 9.18 Å². The fourth-order valence-corrected chi connectivity index (χ4v) is 1.93. The van der Waals surface area contributed by atoms with Gasteiger partial charge in [-0.05, 0) is 24.3 Å². The van der Waals surface area contributed by atoms with Crippen LogP contribution in [0.4, 0.5) is 4.39 Å². The number of aromatic amines is 1. The van der Waals surface area contributed by atoms with E-state index in [9.17, 15) is 9.18 Å². The normalized spacial score (nSPS) is 10.9. The lowest BCUT2D eigenvalue weighted by Gasteiger charge is -2.03. The molecule has 3 nitrogen and oxygen atoms in total. The molecule has 0 amide bonds. The molecule has 0 aliphatic rings. The zero-order chi connectivity index (χ0) is 11.8. The molecule has 0 atom stereocenters. The number of hydrogen-bond donors (Lipinski definition) is 1. The van der Waals surface area contributed by atoms with Crippen LogP contribution in [-0.4, -0.2) is 9.55 Å². The van der Waals surface area contributed by atoms with Crippen molar-refractivity contribution in [2.45, 2.75) is 0 Å². The molecular formula is C13H9FN2O. The standard InChI is InChI=1S/C13H9FN2O/c14-9-5-1-3-7-11(9)16-12-8-4-2-6-10(12)15-13(16)17/h1-8H,(H,15,17). The number of aromatic nitrogens is 2. The van der Waals surface area contributed by atoms with Crippen LogP contribution in [-0.2, 0) is 0 Å². The van der Waals surface area contributed by atoms with Crippen molar-refractivity contribution in [3.05, 3.63) is 64.8 Å². The van der Waals surface area contributed by atoms with E-state index in [2.05, 4.69) is 4.98 Å². The van der Waals surface area contributed by atoms with Crippen molar-refractivity contribution >= 4 is 11.0 Å². The van der Waals surface area contributed by atoms with Crippen molar-refractivity contribution in [2.75, 3.05) is 0 Å². The molecule has 0 aliphatic carbocycles. The molecule has 0 fully saturated rings. The number of benzene rings is 2. The SMILES string of the molecule is O=c1[nH]c2ccccc2n1-c1ccccc1F. The Bertz CT molecular complexity index is 742. The van der Waals surface area contributed by atoms with E-state index in [-0.39, 0.29) is 11.4 Å². The number of nitrogens with one attached hydrogen (secondary N) is 1. The molecule has 2 aromatic carbocycles. The Kier molecular flexibility index (Phi) is 2.08. The first kappa shape index (κ1) is 9.84. The third kappa shape index (κ3) is 1.45. The summed E-state index contributed by atoms with van der Waals surface area (Å²) in [6.07, 6.45) is 0. The Morgan fingerprint density at radius 1 is 1.00 bits per heavy atom. The first-order valence-corrected chi connectivity index (χ1v) is 5.22. The third-order valence-corrected chi connectivity index (χ3v) is 2.68. The minimum atomic E-state index is -0.417. The molecule has 0 aliphatic heterocycles. The Morgan fingerprint density at radius 3 is 2.53 bits per heavy atom. The van der Waals surface area contributed by atoms with Gasteiger partial charge in [0.15, 0.2) is 0 Å². The van der Waals surface area contributed by atoms with Gasteiger partial charge >= 0.3 is 5.69 Å². The fraction of sp³-hybridized carbons (Fsp3) is 0. The van der Waals surface area contributed by atoms with Crippen LogP contribution in [0.25, 0.3) is 16.7 Å². The van der Waals surface area contributed by atoms with Crippen LogP contribution in [0.3, 0.4) is 0 Å². The summed E-state index contributed by atoms with van der Waals surface area (Å²) in [7, 11) is 0. The number of fused-ring (bicyclic) bond motifs is 1. The summed E-state index contributed by atoms with van der Waals surface area (Å²) in [5.41, 5.74) is 1.29. The van der Waals surface area contributed by atoms with Gasteiger partial charge in [-0.3, -0.25) is 4.57 Å². The summed E-state index contributed by atoms with van der Waals surface area (Å²) in [6, 6.07) is 13.4. The highest BCUT2D eigenvalue weighted by Gasteiger charge is 2.10. The van der Waals surface area contributed by atoms with Gasteiger partial charge in [-0.2, -0.15) is 0 Å². The fourth-order valence-electron chi connectivity index (χ4n) is 1.93. The van der Waals surface area contributed by atoms with Crippen LogP contribution in [0, 0.1) is 5.82 Å². The number of halogens is 1. The monoisotopic (exact) mass is 228 g/mol. The summed E-state index contributed by atoms with van der Waals surface area (Å²) in [6.45, 7) is 0. The Labute approximate surface area is 96.1 Å². The van der Waals surface area contributed by atoms with Gasteiger partial charge in [-0.1, -0.05) is 24.3 Å². The maximum atomic E-state index is 13.7. The topological polar surface area (TPSA) is 37.8 Å². The molecule has 17 heavy (non-hydrogen) atoms. The lowest BCUT2D eigenvalue weighted by Crippen LogP contribution is -2.15. The average Bonchev–Trinajstić information content (AvgIpc) is 2.66. The molecule has 84 valence electrons. The van der Waals surface area contributed by atoms with Gasteiger partial charge in [0.1, 0.15) is 5.82 Å². The van der Waals surface area contributed by atoms with Crippen LogP contribution in [0.5, 0.6) is 0 Å². The van der Waals surface area contributed by atoms with Gasteiger partial charge in [0.2, 0.25) is 0 Å². The molecule has 0 saturated carbocycles. The second kappa shape index (κ2) is 3.59. The summed E-state index contributed by atoms with van der Waals surface area (Å²) in [5.74, 6) is -0.417. The zero-order valence-electron chi connectivity index (χ0n) is 8.85. The van der Waals surface area contributed by atoms with Crippen molar-refractivity contribution in [1.29, 1.82) is 0 Å². The van der Waals surface area contributed by atoms with E-state index < -0.39 is 5.82 Å². The van der Waals surface area contributed by atoms with Crippen molar-refractivity contribution in [2.24, 2.45) is 0 Å². The predicted octanol–water partition coefficient (Wildman–Crippen LogP) is 2.46. The first-order chi connectivity index (χ1) is 8.27. The lowest BCUT2D eigenvalue weighted by molar-refractivity contribution is 0.618. The number of H-pyrrole nitrogens is 1. The molecule has 4 heteroatoms. The minimum Gasteiger partial charge on any atom is -0.305 e. The molecule has 3 rings (SSSR count). The van der Waals surface area contributed by atoms with E-state index in [0.717, 1.165) is 0 Å². The molecule has 0 unspecified atom stereocenters. The average molecular weight is 228 g/mol. The van der Waals surface area contributed by atoms with Crippen molar-refractivity contribution in [3.8, 4) is 5.69 Å². The molecular weight excluding hydrogens is 219 g/mol. The molecule has 0 bridgehead atoms. The highest BCUT2D eigenvalue weighted by atomic mass is 19.1. The first-order valence-electron chi connectivity index (χ1n) is 5.22. The van der Waals surface area contributed by atoms with Gasteiger partial charge in [0, 0.05) is 0 Å². The van der Waals surface area contributed by atoms with Crippen molar-refractivity contribution in [1.82, 2.24) is 9.55 Å². The van der Waals surface area contributed by atoms with Gasteiger partial charge < -0.3 is 4.98 Å². The second-order valence-corrected chi connectivity index (χ2v) is 3.73. The van der Waals surface area contributed by atoms with E-state index in [1.165, 1.54) is 10.6 Å². The van der Waals surface area contributed by atoms with Crippen LogP contribution >= 0.6 is 0 Å².